The number of alkyl carbamates (subject to hydrolysis) is 1. The number of ether oxygens (including phenoxy) is 5. The molecule has 4 rings (SSSR count). The highest BCUT2D eigenvalue weighted by Gasteiger charge is 2.52. The van der Waals surface area contributed by atoms with E-state index in [1.165, 1.54) is 24.3 Å². The maximum Gasteiger partial charge on any atom is 0.506 e. The van der Waals surface area contributed by atoms with Crippen LogP contribution < -0.4 is 10.6 Å². The fraction of sp³-hybridized carbons (Fsp3) is 0.556. The minimum absolute atomic E-state index is 0.0358. The van der Waals surface area contributed by atoms with Gasteiger partial charge in [0.15, 0.2) is 35.4 Å². The van der Waals surface area contributed by atoms with E-state index in [2.05, 4.69) is 25.6 Å². The van der Waals surface area contributed by atoms with Crippen LogP contribution in [0, 0.1) is 0 Å². The van der Waals surface area contributed by atoms with Gasteiger partial charge in [-0.3, -0.25) is 4.57 Å². The van der Waals surface area contributed by atoms with Crippen molar-refractivity contribution in [3.8, 4) is 0 Å². The number of carboxylic acid groups (broad SMARTS) is 2. The van der Waals surface area contributed by atoms with Crippen LogP contribution in [0.3, 0.4) is 0 Å². The molecule has 0 saturated carbocycles. The SMILES string of the molecule is CNC(=O)OC[C@H]1OC(n2cnc3c(N[C@@H]4CCOC4)ncnc32)[C@H](OC(=O)O)[C@@H]1OC(=O)O. The summed E-state index contributed by atoms with van der Waals surface area (Å²) in [6.07, 6.45) is -6.10. The van der Waals surface area contributed by atoms with E-state index in [0.29, 0.717) is 24.5 Å². The van der Waals surface area contributed by atoms with Crippen molar-refractivity contribution in [3.63, 3.8) is 0 Å². The van der Waals surface area contributed by atoms with E-state index >= 15 is 0 Å². The van der Waals surface area contributed by atoms with Gasteiger partial charge in [0.25, 0.3) is 0 Å². The molecule has 4 heterocycles. The summed E-state index contributed by atoms with van der Waals surface area (Å²) in [6, 6.07) is 0.0358. The summed E-state index contributed by atoms with van der Waals surface area (Å²) in [6.45, 7) is 0.687. The molecule has 0 radical (unpaired) electrons. The van der Waals surface area contributed by atoms with Crippen LogP contribution >= 0.6 is 0 Å². The molecule has 16 heteroatoms. The standard InChI is InChI=1S/C18H22N6O10/c1-19-16(25)31-5-9-11(33-17(26)27)12(34-18(28)29)15(32-9)24-7-22-10-13(20-6-21-14(10)24)23-8-2-3-30-4-8/h6-9,11-12,15H,2-5H2,1H3,(H,19,25)(H,26,27)(H,28,29)(H,20,21,23)/t8-,9-,11-,12-,15?/m1/s1. The lowest BCUT2D eigenvalue weighted by atomic mass is 10.1. The summed E-state index contributed by atoms with van der Waals surface area (Å²) < 4.78 is 27.3. The highest BCUT2D eigenvalue weighted by molar-refractivity contribution is 5.83. The molecule has 0 aliphatic carbocycles. The first-order valence-electron chi connectivity index (χ1n) is 10.2. The maximum absolute atomic E-state index is 11.5. The Morgan fingerprint density at radius 2 is 1.94 bits per heavy atom. The quantitative estimate of drug-likeness (QED) is 0.311. The smallest absolute Gasteiger partial charge is 0.450 e. The van der Waals surface area contributed by atoms with Crippen LogP contribution in [0.25, 0.3) is 11.2 Å². The lowest BCUT2D eigenvalue weighted by molar-refractivity contribution is -0.0595. The molecule has 2 aliphatic rings. The molecule has 0 bridgehead atoms. The predicted octanol–water partition coefficient (Wildman–Crippen LogP) is 0.407. The largest absolute Gasteiger partial charge is 0.506 e. The lowest BCUT2D eigenvalue weighted by Crippen LogP contribution is -2.41. The Morgan fingerprint density at radius 3 is 2.62 bits per heavy atom. The normalized spacial score (nSPS) is 26.2. The molecule has 2 saturated heterocycles. The van der Waals surface area contributed by atoms with E-state index in [9.17, 15) is 19.5 Å². The van der Waals surface area contributed by atoms with E-state index in [0.717, 1.165) is 6.42 Å². The van der Waals surface area contributed by atoms with Gasteiger partial charge in [0.05, 0.1) is 19.0 Å². The molecule has 2 fully saturated rings. The number of hydrogen-bond donors (Lipinski definition) is 4. The van der Waals surface area contributed by atoms with Gasteiger partial charge in [-0.2, -0.15) is 0 Å². The highest BCUT2D eigenvalue weighted by Crippen LogP contribution is 2.36. The Kier molecular flexibility index (Phi) is 6.78. The Labute approximate surface area is 191 Å². The number of aromatic nitrogens is 4. The molecule has 2 aliphatic heterocycles. The first-order valence-corrected chi connectivity index (χ1v) is 10.2. The van der Waals surface area contributed by atoms with Gasteiger partial charge in [0.1, 0.15) is 19.0 Å². The molecule has 34 heavy (non-hydrogen) atoms. The lowest BCUT2D eigenvalue weighted by Gasteiger charge is -2.22. The summed E-state index contributed by atoms with van der Waals surface area (Å²) in [5.41, 5.74) is 0.634. The molecule has 1 unspecified atom stereocenters. The molecule has 184 valence electrons. The number of carbonyl (C=O) groups is 3. The van der Waals surface area contributed by atoms with Gasteiger partial charge in [-0.15, -0.1) is 0 Å². The number of anilines is 1. The summed E-state index contributed by atoms with van der Waals surface area (Å²) in [5, 5.41) is 23.9. The number of hydrogen-bond acceptors (Lipinski definition) is 12. The summed E-state index contributed by atoms with van der Waals surface area (Å²) in [7, 11) is 1.34. The molecule has 1 amide bonds. The second kappa shape index (κ2) is 9.92. The van der Waals surface area contributed by atoms with Crippen LogP contribution in [0.15, 0.2) is 12.7 Å². The topological polar surface area (TPSA) is 205 Å². The molecular weight excluding hydrogens is 460 g/mol. The molecule has 5 atom stereocenters. The van der Waals surface area contributed by atoms with Crippen molar-refractivity contribution >= 4 is 35.4 Å². The third-order valence-corrected chi connectivity index (χ3v) is 5.25. The Hall–Kier alpha value is -3.92. The Morgan fingerprint density at radius 1 is 1.18 bits per heavy atom. The number of nitrogens with zero attached hydrogens (tertiary/aromatic N) is 4. The Bertz CT molecular complexity index is 1060. The molecule has 2 aromatic rings. The zero-order chi connectivity index (χ0) is 24.2. The van der Waals surface area contributed by atoms with E-state index in [1.54, 1.807) is 0 Å². The molecule has 4 N–H and O–H groups in total. The minimum atomic E-state index is -1.69. The van der Waals surface area contributed by atoms with Crippen LogP contribution in [-0.2, 0) is 23.7 Å². The van der Waals surface area contributed by atoms with E-state index in [1.807, 2.05) is 0 Å². The van der Waals surface area contributed by atoms with Crippen molar-refractivity contribution in [2.45, 2.75) is 37.0 Å². The summed E-state index contributed by atoms with van der Waals surface area (Å²) in [5.74, 6) is 0.436. The number of imidazole rings is 1. The fourth-order valence-corrected chi connectivity index (χ4v) is 3.78. The number of rotatable bonds is 7. The molecule has 0 aromatic carbocycles. The predicted molar refractivity (Wildman–Crippen MR) is 108 cm³/mol. The third-order valence-electron chi connectivity index (χ3n) is 5.25. The molecule has 0 spiro atoms. The molecule has 2 aromatic heterocycles. The van der Waals surface area contributed by atoms with E-state index in [-0.39, 0.29) is 11.7 Å². The van der Waals surface area contributed by atoms with Gasteiger partial charge in [0.2, 0.25) is 0 Å². The average Bonchev–Trinajstić information content (AvgIpc) is 3.52. The van der Waals surface area contributed by atoms with Crippen LogP contribution in [-0.4, -0.2) is 99.4 Å². The van der Waals surface area contributed by atoms with Gasteiger partial charge in [-0.05, 0) is 6.42 Å². The monoisotopic (exact) mass is 482 g/mol. The Balaban J connectivity index is 1.66. The van der Waals surface area contributed by atoms with Crippen molar-refractivity contribution in [3.05, 3.63) is 12.7 Å². The minimum Gasteiger partial charge on any atom is -0.450 e. The fourth-order valence-electron chi connectivity index (χ4n) is 3.78. The summed E-state index contributed by atoms with van der Waals surface area (Å²) in [4.78, 5) is 46.9. The van der Waals surface area contributed by atoms with Crippen LogP contribution in [0.1, 0.15) is 12.6 Å². The number of fused-ring (bicyclic) bond motifs is 1. The van der Waals surface area contributed by atoms with Crippen molar-refractivity contribution < 1.29 is 48.3 Å². The van der Waals surface area contributed by atoms with Crippen LogP contribution in [0.4, 0.5) is 20.2 Å². The zero-order valence-electron chi connectivity index (χ0n) is 17.8. The van der Waals surface area contributed by atoms with Gasteiger partial charge in [0, 0.05) is 13.7 Å². The van der Waals surface area contributed by atoms with Gasteiger partial charge in [-0.1, -0.05) is 0 Å². The van der Waals surface area contributed by atoms with Gasteiger partial charge >= 0.3 is 18.4 Å². The van der Waals surface area contributed by atoms with Crippen molar-refractivity contribution in [2.75, 3.05) is 32.2 Å². The van der Waals surface area contributed by atoms with Crippen molar-refractivity contribution in [2.24, 2.45) is 0 Å². The average molecular weight is 482 g/mol. The van der Waals surface area contributed by atoms with Crippen molar-refractivity contribution in [1.82, 2.24) is 24.8 Å². The second-order valence-corrected chi connectivity index (χ2v) is 7.36. The molecular formula is C18H22N6O10. The van der Waals surface area contributed by atoms with Crippen LogP contribution in [0.2, 0.25) is 0 Å². The highest BCUT2D eigenvalue weighted by atomic mass is 16.7. The number of amides is 1. The third kappa shape index (κ3) is 4.86. The zero-order valence-corrected chi connectivity index (χ0v) is 17.8. The molecule has 16 nitrogen and oxygen atoms in total. The number of nitrogens with one attached hydrogen (secondary N) is 2. The van der Waals surface area contributed by atoms with E-state index < -0.39 is 49.6 Å². The van der Waals surface area contributed by atoms with E-state index in [4.69, 9.17) is 28.8 Å². The maximum atomic E-state index is 11.5. The van der Waals surface area contributed by atoms with Gasteiger partial charge in [-0.25, -0.2) is 29.3 Å². The second-order valence-electron chi connectivity index (χ2n) is 7.36. The first kappa shape index (κ1) is 23.2. The van der Waals surface area contributed by atoms with Gasteiger partial charge < -0.3 is 44.5 Å². The number of carbonyl (C=O) groups excluding carboxylic acids is 1. The summed E-state index contributed by atoms with van der Waals surface area (Å²) >= 11 is 0. The first-order chi connectivity index (χ1) is 16.4. The van der Waals surface area contributed by atoms with Crippen molar-refractivity contribution in [1.29, 1.82) is 0 Å². The van der Waals surface area contributed by atoms with Crippen LogP contribution in [0.5, 0.6) is 0 Å².